The van der Waals surface area contributed by atoms with E-state index in [2.05, 4.69) is 0 Å². The second kappa shape index (κ2) is 11.4. The third kappa shape index (κ3) is 5.53. The molecule has 3 saturated carbocycles. The molecule has 4 aliphatic rings. The van der Waals surface area contributed by atoms with Crippen molar-refractivity contribution in [2.45, 2.75) is 127 Å². The SMILES string of the molecule is CC(C)(O)CC[C@@H](O)[C@](C)(O)[C@H]1CC[C@@]2(O)C3=CC(=O)[C@]4(O)C[C@@H](O)[C@@H](OC(=O)/C=C/c5ccccc5)C[C@]4(C)[C@H]3CC[C@]12C. The van der Waals surface area contributed by atoms with Gasteiger partial charge in [0.2, 0.25) is 0 Å². The van der Waals surface area contributed by atoms with Gasteiger partial charge in [-0.3, -0.25) is 4.79 Å². The molecule has 0 bridgehead atoms. The van der Waals surface area contributed by atoms with Crippen LogP contribution < -0.4 is 0 Å². The molecule has 4 aliphatic carbocycles. The highest BCUT2D eigenvalue weighted by atomic mass is 16.6. The molecule has 0 radical (unpaired) electrons. The zero-order valence-corrected chi connectivity index (χ0v) is 27.1. The summed E-state index contributed by atoms with van der Waals surface area (Å²) in [7, 11) is 0. The predicted molar refractivity (Wildman–Crippen MR) is 167 cm³/mol. The second-order valence-electron chi connectivity index (χ2n) is 15.5. The van der Waals surface area contributed by atoms with Gasteiger partial charge in [0.05, 0.1) is 29.0 Å². The van der Waals surface area contributed by atoms with Crippen LogP contribution in [0, 0.1) is 22.7 Å². The van der Waals surface area contributed by atoms with Crippen LogP contribution in [0.4, 0.5) is 0 Å². The fourth-order valence-electron chi connectivity index (χ4n) is 9.32. The number of hydrogen-bond donors (Lipinski definition) is 6. The number of aliphatic hydroxyl groups excluding tert-OH is 2. The minimum atomic E-state index is -1.91. The number of ether oxygens (including phenoxy) is 1. The lowest BCUT2D eigenvalue weighted by molar-refractivity contribution is -0.216. The maximum Gasteiger partial charge on any atom is 0.331 e. The summed E-state index contributed by atoms with van der Waals surface area (Å²) in [4.78, 5) is 26.6. The van der Waals surface area contributed by atoms with Crippen molar-refractivity contribution in [1.29, 1.82) is 0 Å². The molecule has 1 aromatic carbocycles. The molecule has 0 heterocycles. The van der Waals surface area contributed by atoms with Crippen LogP contribution in [0.15, 0.2) is 48.1 Å². The largest absolute Gasteiger partial charge is 0.456 e. The van der Waals surface area contributed by atoms with Crippen molar-refractivity contribution < 1.29 is 45.0 Å². The molecule has 0 unspecified atom stereocenters. The maximum atomic E-state index is 13.8. The highest BCUT2D eigenvalue weighted by Gasteiger charge is 2.72. The fraction of sp³-hybridized carbons (Fsp3) is 0.667. The summed E-state index contributed by atoms with van der Waals surface area (Å²) in [5.41, 5.74) is -6.69. The third-order valence-corrected chi connectivity index (χ3v) is 12.2. The smallest absolute Gasteiger partial charge is 0.331 e. The summed E-state index contributed by atoms with van der Waals surface area (Å²) in [6.45, 7) is 8.57. The van der Waals surface area contributed by atoms with Gasteiger partial charge in [-0.25, -0.2) is 4.79 Å². The van der Waals surface area contributed by atoms with Crippen molar-refractivity contribution in [2.75, 3.05) is 0 Å². The Labute approximate surface area is 265 Å². The molecule has 0 aromatic heterocycles. The first kappa shape index (κ1) is 33.9. The molecular formula is C36H50O9. The molecule has 0 spiro atoms. The number of rotatable bonds is 8. The van der Waals surface area contributed by atoms with Crippen molar-refractivity contribution >= 4 is 17.8 Å². The fourth-order valence-corrected chi connectivity index (χ4v) is 9.32. The van der Waals surface area contributed by atoms with Crippen molar-refractivity contribution in [3.05, 3.63) is 53.6 Å². The minimum absolute atomic E-state index is 0.0208. The number of ketones is 1. The summed E-state index contributed by atoms with van der Waals surface area (Å²) >= 11 is 0. The van der Waals surface area contributed by atoms with Crippen LogP contribution in [-0.2, 0) is 14.3 Å². The molecule has 45 heavy (non-hydrogen) atoms. The zero-order chi connectivity index (χ0) is 33.2. The first-order valence-electron chi connectivity index (χ1n) is 16.2. The lowest BCUT2D eigenvalue weighted by atomic mass is 9.44. The van der Waals surface area contributed by atoms with Gasteiger partial charge in [0.1, 0.15) is 11.7 Å². The monoisotopic (exact) mass is 626 g/mol. The summed E-state index contributed by atoms with van der Waals surface area (Å²) in [5, 5.41) is 68.5. The molecule has 6 N–H and O–H groups in total. The molecule has 3 fully saturated rings. The molecule has 10 atom stereocenters. The van der Waals surface area contributed by atoms with Crippen molar-refractivity contribution in [3.63, 3.8) is 0 Å². The van der Waals surface area contributed by atoms with Gasteiger partial charge in [-0.05, 0) is 101 Å². The molecule has 248 valence electrons. The van der Waals surface area contributed by atoms with Crippen LogP contribution in [-0.4, -0.2) is 83.1 Å². The van der Waals surface area contributed by atoms with Crippen molar-refractivity contribution in [2.24, 2.45) is 22.7 Å². The van der Waals surface area contributed by atoms with Crippen molar-refractivity contribution in [3.8, 4) is 0 Å². The Bertz CT molecular complexity index is 1360. The van der Waals surface area contributed by atoms with E-state index in [9.17, 15) is 40.2 Å². The van der Waals surface area contributed by atoms with E-state index >= 15 is 0 Å². The number of fused-ring (bicyclic) bond motifs is 5. The van der Waals surface area contributed by atoms with Gasteiger partial charge in [0.15, 0.2) is 5.78 Å². The van der Waals surface area contributed by atoms with E-state index in [1.807, 2.05) is 37.3 Å². The van der Waals surface area contributed by atoms with Gasteiger partial charge in [-0.1, -0.05) is 44.2 Å². The molecule has 5 rings (SSSR count). The Morgan fingerprint density at radius 1 is 1.02 bits per heavy atom. The zero-order valence-electron chi connectivity index (χ0n) is 27.1. The number of carbonyl (C=O) groups is 2. The minimum Gasteiger partial charge on any atom is -0.456 e. The molecule has 1 aromatic rings. The van der Waals surface area contributed by atoms with Crippen LogP contribution in [0.25, 0.3) is 6.08 Å². The van der Waals surface area contributed by atoms with Gasteiger partial charge in [-0.2, -0.15) is 0 Å². The van der Waals surface area contributed by atoms with Crippen LogP contribution in [0.1, 0.15) is 91.5 Å². The topological polar surface area (TPSA) is 165 Å². The standard InChI is InChI=1S/C36H50O9/c1-31(2,41)16-15-28(38)34(5,42)27-14-18-35(43)24-19-29(39)36(44)20-25(37)26(21-33(36,4)23(24)13-17-32(27,35)3)45-30(40)12-11-22-9-7-6-8-10-22/h6-12,19,23,25-28,37-38,41-44H,13-18,20-21H2,1-5H3/b12-11+/t23-,25+,26-,27-,28+,32+,33+,34+,35+,36+/m0/s1. The second-order valence-corrected chi connectivity index (χ2v) is 15.5. The van der Waals surface area contributed by atoms with Gasteiger partial charge >= 0.3 is 5.97 Å². The summed E-state index contributed by atoms with van der Waals surface area (Å²) in [6.07, 6.45) is 2.68. The highest BCUT2D eigenvalue weighted by molar-refractivity contribution is 6.00. The van der Waals surface area contributed by atoms with Crippen LogP contribution in [0.2, 0.25) is 0 Å². The van der Waals surface area contributed by atoms with Crippen molar-refractivity contribution in [1.82, 2.24) is 0 Å². The summed E-state index contributed by atoms with van der Waals surface area (Å²) < 4.78 is 5.71. The predicted octanol–water partition coefficient (Wildman–Crippen LogP) is 3.23. The van der Waals surface area contributed by atoms with E-state index in [-0.39, 0.29) is 32.1 Å². The normalized spacial score (nSPS) is 40.2. The van der Waals surface area contributed by atoms with Crippen LogP contribution in [0.5, 0.6) is 0 Å². The number of benzene rings is 1. The van der Waals surface area contributed by atoms with E-state index in [0.29, 0.717) is 24.8 Å². The van der Waals surface area contributed by atoms with Crippen LogP contribution in [0.3, 0.4) is 0 Å². The molecule has 9 heteroatoms. The van der Waals surface area contributed by atoms with Gasteiger partial charge in [0.25, 0.3) is 0 Å². The van der Waals surface area contributed by atoms with Gasteiger partial charge in [0, 0.05) is 23.3 Å². The molecule has 0 amide bonds. The Balaban J connectivity index is 1.41. The van der Waals surface area contributed by atoms with E-state index in [0.717, 1.165) is 5.56 Å². The van der Waals surface area contributed by atoms with E-state index < -0.39 is 75.1 Å². The Kier molecular flexibility index (Phi) is 8.59. The molecule has 0 saturated heterocycles. The first-order valence-corrected chi connectivity index (χ1v) is 16.2. The molecular weight excluding hydrogens is 576 g/mol. The average Bonchev–Trinajstić information content (AvgIpc) is 3.25. The van der Waals surface area contributed by atoms with Crippen LogP contribution >= 0.6 is 0 Å². The Morgan fingerprint density at radius 3 is 2.33 bits per heavy atom. The number of esters is 1. The number of carbonyl (C=O) groups excluding carboxylic acids is 2. The number of hydrogen-bond acceptors (Lipinski definition) is 9. The average molecular weight is 627 g/mol. The lowest BCUT2D eigenvalue weighted by Gasteiger charge is -2.63. The maximum absolute atomic E-state index is 13.8. The van der Waals surface area contributed by atoms with E-state index in [1.165, 1.54) is 12.2 Å². The third-order valence-electron chi connectivity index (χ3n) is 12.2. The van der Waals surface area contributed by atoms with E-state index in [1.54, 1.807) is 33.8 Å². The lowest BCUT2D eigenvalue weighted by Crippen LogP contribution is -2.69. The molecule has 0 aliphatic heterocycles. The highest BCUT2D eigenvalue weighted by Crippen LogP contribution is 2.69. The first-order chi connectivity index (χ1) is 20.8. The Hall–Kier alpha value is -2.40. The number of aliphatic hydroxyl groups is 6. The van der Waals surface area contributed by atoms with Gasteiger partial charge < -0.3 is 35.4 Å². The Morgan fingerprint density at radius 2 is 1.69 bits per heavy atom. The summed E-state index contributed by atoms with van der Waals surface area (Å²) in [6, 6.07) is 9.24. The molecule has 9 nitrogen and oxygen atoms in total. The summed E-state index contributed by atoms with van der Waals surface area (Å²) in [5.74, 6) is -2.19. The quantitative estimate of drug-likeness (QED) is 0.188. The van der Waals surface area contributed by atoms with Gasteiger partial charge in [-0.15, -0.1) is 0 Å². The van der Waals surface area contributed by atoms with E-state index in [4.69, 9.17) is 4.74 Å².